The molecule has 0 aliphatic rings. The first-order chi connectivity index (χ1) is 10.0. The van der Waals surface area contributed by atoms with Crippen molar-refractivity contribution in [2.24, 2.45) is 5.84 Å². The molecule has 2 aromatic rings. The summed E-state index contributed by atoms with van der Waals surface area (Å²) < 4.78 is 18.6. The van der Waals surface area contributed by atoms with Crippen LogP contribution < -0.4 is 16.0 Å². The van der Waals surface area contributed by atoms with Crippen molar-refractivity contribution in [3.63, 3.8) is 0 Å². The van der Waals surface area contributed by atoms with E-state index in [4.69, 9.17) is 10.6 Å². The molecule has 3 N–H and O–H groups in total. The van der Waals surface area contributed by atoms with E-state index < -0.39 is 0 Å². The van der Waals surface area contributed by atoms with Crippen LogP contribution in [0.4, 0.5) is 4.39 Å². The topological polar surface area (TPSA) is 47.3 Å². The minimum atomic E-state index is -0.221. The van der Waals surface area contributed by atoms with Crippen LogP contribution in [-0.4, -0.2) is 7.11 Å². The number of hydrogen-bond donors (Lipinski definition) is 2. The zero-order chi connectivity index (χ0) is 15.4. The predicted octanol–water partition coefficient (Wildman–Crippen LogP) is 3.20. The third-order valence-electron chi connectivity index (χ3n) is 3.69. The average Bonchev–Trinajstić information content (AvgIpc) is 2.46. The van der Waals surface area contributed by atoms with Crippen LogP contribution in [0.3, 0.4) is 0 Å². The van der Waals surface area contributed by atoms with Crippen LogP contribution in [0.15, 0.2) is 36.4 Å². The van der Waals surface area contributed by atoms with Crippen molar-refractivity contribution in [3.05, 3.63) is 64.5 Å². The first-order valence-corrected chi connectivity index (χ1v) is 6.91. The molecule has 0 bridgehead atoms. The fraction of sp³-hybridized carbons (Fsp3) is 0.294. The van der Waals surface area contributed by atoms with Crippen molar-refractivity contribution in [2.45, 2.75) is 26.3 Å². The Morgan fingerprint density at radius 3 is 2.57 bits per heavy atom. The quantitative estimate of drug-likeness (QED) is 0.656. The molecule has 0 aliphatic heterocycles. The number of methoxy groups -OCH3 is 1. The second-order valence-corrected chi connectivity index (χ2v) is 5.24. The van der Waals surface area contributed by atoms with Crippen LogP contribution in [0.1, 0.15) is 28.3 Å². The summed E-state index contributed by atoms with van der Waals surface area (Å²) in [5, 5.41) is 0. The summed E-state index contributed by atoms with van der Waals surface area (Å²) in [6.45, 7) is 3.93. The molecule has 4 heteroatoms. The van der Waals surface area contributed by atoms with Gasteiger partial charge in [-0.1, -0.05) is 23.8 Å². The van der Waals surface area contributed by atoms with Crippen LogP contribution in [0, 0.1) is 19.7 Å². The summed E-state index contributed by atoms with van der Waals surface area (Å²) in [6.07, 6.45) is 0.669. The molecule has 2 rings (SSSR count). The number of ether oxygens (including phenoxy) is 1. The first kappa shape index (κ1) is 15.5. The lowest BCUT2D eigenvalue weighted by atomic mass is 9.95. The number of hydrazine groups is 1. The lowest BCUT2D eigenvalue weighted by Crippen LogP contribution is -2.30. The van der Waals surface area contributed by atoms with Crippen molar-refractivity contribution in [2.75, 3.05) is 7.11 Å². The fourth-order valence-electron chi connectivity index (χ4n) is 2.49. The van der Waals surface area contributed by atoms with Gasteiger partial charge in [-0.25, -0.2) is 4.39 Å². The molecular weight excluding hydrogens is 267 g/mol. The number of rotatable bonds is 5. The standard InChI is InChI=1S/C17H21FN2O/c1-11-4-7-17(21-3)15(8-11)16(20-19)10-13-5-6-14(18)9-12(13)2/h4-9,16,20H,10,19H2,1-3H3. The van der Waals surface area contributed by atoms with Gasteiger partial charge in [0.1, 0.15) is 11.6 Å². The van der Waals surface area contributed by atoms with Gasteiger partial charge < -0.3 is 4.74 Å². The summed E-state index contributed by atoms with van der Waals surface area (Å²) in [5.74, 6) is 6.30. The molecule has 112 valence electrons. The molecule has 21 heavy (non-hydrogen) atoms. The Hall–Kier alpha value is -1.91. The van der Waals surface area contributed by atoms with Gasteiger partial charge >= 0.3 is 0 Å². The van der Waals surface area contributed by atoms with Gasteiger partial charge in [0, 0.05) is 5.56 Å². The van der Waals surface area contributed by atoms with Crippen LogP contribution in [0.5, 0.6) is 5.75 Å². The Morgan fingerprint density at radius 1 is 1.19 bits per heavy atom. The molecule has 0 radical (unpaired) electrons. The normalized spacial score (nSPS) is 12.2. The van der Waals surface area contributed by atoms with Crippen LogP contribution in [0.25, 0.3) is 0 Å². The monoisotopic (exact) mass is 288 g/mol. The molecule has 0 fully saturated rings. The molecule has 0 saturated heterocycles. The molecule has 1 atom stereocenters. The number of nitrogens with two attached hydrogens (primary N) is 1. The van der Waals surface area contributed by atoms with Crippen molar-refractivity contribution in [1.82, 2.24) is 5.43 Å². The maximum absolute atomic E-state index is 13.2. The summed E-state index contributed by atoms with van der Waals surface area (Å²) in [4.78, 5) is 0. The molecule has 0 amide bonds. The zero-order valence-corrected chi connectivity index (χ0v) is 12.6. The Morgan fingerprint density at radius 2 is 1.95 bits per heavy atom. The molecule has 0 spiro atoms. The Bertz CT molecular complexity index is 628. The van der Waals surface area contributed by atoms with Gasteiger partial charge in [0.05, 0.1) is 13.2 Å². The number of aryl methyl sites for hydroxylation is 2. The van der Waals surface area contributed by atoms with E-state index in [2.05, 4.69) is 11.5 Å². The molecule has 1 unspecified atom stereocenters. The minimum Gasteiger partial charge on any atom is -0.496 e. The second-order valence-electron chi connectivity index (χ2n) is 5.24. The van der Waals surface area contributed by atoms with Crippen molar-refractivity contribution < 1.29 is 9.13 Å². The SMILES string of the molecule is COc1ccc(C)cc1C(Cc1ccc(F)cc1C)NN. The minimum absolute atomic E-state index is 0.0935. The number of nitrogens with one attached hydrogen (secondary N) is 1. The van der Waals surface area contributed by atoms with Gasteiger partial charge in [0.2, 0.25) is 0 Å². The lowest BCUT2D eigenvalue weighted by Gasteiger charge is -2.20. The lowest BCUT2D eigenvalue weighted by molar-refractivity contribution is 0.399. The van der Waals surface area contributed by atoms with Crippen LogP contribution in [0.2, 0.25) is 0 Å². The zero-order valence-electron chi connectivity index (χ0n) is 12.6. The molecule has 0 heterocycles. The number of halogens is 1. The first-order valence-electron chi connectivity index (χ1n) is 6.91. The highest BCUT2D eigenvalue weighted by atomic mass is 19.1. The van der Waals surface area contributed by atoms with Gasteiger partial charge in [-0.05, 0) is 49.6 Å². The predicted molar refractivity (Wildman–Crippen MR) is 82.6 cm³/mol. The Kier molecular flexibility index (Phi) is 4.94. The third kappa shape index (κ3) is 3.60. The van der Waals surface area contributed by atoms with E-state index in [1.807, 2.05) is 26.0 Å². The van der Waals surface area contributed by atoms with Crippen molar-refractivity contribution >= 4 is 0 Å². The molecule has 0 saturated carbocycles. The second kappa shape index (κ2) is 6.70. The van der Waals surface area contributed by atoms with Gasteiger partial charge in [-0.15, -0.1) is 0 Å². The van der Waals surface area contributed by atoms with Gasteiger partial charge in [0.25, 0.3) is 0 Å². The Labute approximate surface area is 124 Å². The average molecular weight is 288 g/mol. The molecular formula is C17H21FN2O. The van der Waals surface area contributed by atoms with E-state index in [-0.39, 0.29) is 11.9 Å². The fourth-order valence-corrected chi connectivity index (χ4v) is 2.49. The van der Waals surface area contributed by atoms with Gasteiger partial charge in [-0.3, -0.25) is 11.3 Å². The van der Waals surface area contributed by atoms with Crippen molar-refractivity contribution in [3.8, 4) is 5.75 Å². The molecule has 0 aliphatic carbocycles. The summed E-state index contributed by atoms with van der Waals surface area (Å²) in [7, 11) is 1.64. The summed E-state index contributed by atoms with van der Waals surface area (Å²) in [6, 6.07) is 10.7. The van der Waals surface area contributed by atoms with E-state index in [0.29, 0.717) is 6.42 Å². The summed E-state index contributed by atoms with van der Waals surface area (Å²) in [5.41, 5.74) is 6.96. The Balaban J connectivity index is 2.34. The van der Waals surface area contributed by atoms with E-state index in [1.54, 1.807) is 13.2 Å². The van der Waals surface area contributed by atoms with Crippen molar-refractivity contribution in [1.29, 1.82) is 0 Å². The van der Waals surface area contributed by atoms with Gasteiger partial charge in [0.15, 0.2) is 0 Å². The highest BCUT2D eigenvalue weighted by molar-refractivity contribution is 5.40. The molecule has 3 nitrogen and oxygen atoms in total. The smallest absolute Gasteiger partial charge is 0.123 e. The van der Waals surface area contributed by atoms with E-state index in [9.17, 15) is 4.39 Å². The highest BCUT2D eigenvalue weighted by Crippen LogP contribution is 2.29. The third-order valence-corrected chi connectivity index (χ3v) is 3.69. The highest BCUT2D eigenvalue weighted by Gasteiger charge is 2.16. The summed E-state index contributed by atoms with van der Waals surface area (Å²) >= 11 is 0. The van der Waals surface area contributed by atoms with E-state index >= 15 is 0 Å². The molecule has 2 aromatic carbocycles. The maximum Gasteiger partial charge on any atom is 0.123 e. The van der Waals surface area contributed by atoms with Gasteiger partial charge in [-0.2, -0.15) is 0 Å². The van der Waals surface area contributed by atoms with E-state index in [1.165, 1.54) is 12.1 Å². The largest absolute Gasteiger partial charge is 0.496 e. The van der Waals surface area contributed by atoms with Crippen LogP contribution >= 0.6 is 0 Å². The molecule has 0 aromatic heterocycles. The maximum atomic E-state index is 13.2. The number of hydrogen-bond acceptors (Lipinski definition) is 3. The van der Waals surface area contributed by atoms with E-state index in [0.717, 1.165) is 28.0 Å². The number of benzene rings is 2. The van der Waals surface area contributed by atoms with Crippen LogP contribution in [-0.2, 0) is 6.42 Å².